The lowest BCUT2D eigenvalue weighted by molar-refractivity contribution is -0.120. The van der Waals surface area contributed by atoms with Gasteiger partial charge in [-0.15, -0.1) is 11.3 Å². The van der Waals surface area contributed by atoms with E-state index in [4.69, 9.17) is 0 Å². The number of rotatable bonds is 5. The Hall–Kier alpha value is -1.98. The van der Waals surface area contributed by atoms with Crippen LogP contribution in [0, 0.1) is 0 Å². The number of nitrogens with zero attached hydrogens (tertiary/aromatic N) is 1. The van der Waals surface area contributed by atoms with Gasteiger partial charge in [0.25, 0.3) is 0 Å². The van der Waals surface area contributed by atoms with Gasteiger partial charge < -0.3 is 5.32 Å². The second kappa shape index (κ2) is 7.53. The van der Waals surface area contributed by atoms with E-state index >= 15 is 0 Å². The van der Waals surface area contributed by atoms with E-state index in [2.05, 4.69) is 26.2 Å². The average molecular weight is 387 g/mol. The maximum Gasteiger partial charge on any atom is 0.224 e. The first-order valence-electron chi connectivity index (χ1n) is 7.21. The number of benzene rings is 1. The third-order valence-corrected chi connectivity index (χ3v) is 4.81. The Morgan fingerprint density at radius 2 is 1.96 bits per heavy atom. The molecular weight excluding hydrogens is 372 g/mol. The number of nitrogens with one attached hydrogen (secondary N) is 1. The van der Waals surface area contributed by atoms with E-state index in [1.165, 1.54) is 0 Å². The maximum absolute atomic E-state index is 12.1. The first-order valence-corrected chi connectivity index (χ1v) is 8.88. The number of hydrogen-bond donors (Lipinski definition) is 1. The predicted octanol–water partition coefficient (Wildman–Crippen LogP) is 4.43. The molecule has 1 aromatic carbocycles. The van der Waals surface area contributed by atoms with Crippen molar-refractivity contribution in [1.82, 2.24) is 10.3 Å². The van der Waals surface area contributed by atoms with Crippen LogP contribution in [0.5, 0.6) is 0 Å². The number of thiophene rings is 1. The molecule has 116 valence electrons. The van der Waals surface area contributed by atoms with Crippen LogP contribution in [0.4, 0.5) is 0 Å². The van der Waals surface area contributed by atoms with Crippen LogP contribution in [0.15, 0.2) is 64.6 Å². The Kier molecular flexibility index (Phi) is 5.20. The van der Waals surface area contributed by atoms with E-state index in [1.807, 2.05) is 53.9 Å². The summed E-state index contributed by atoms with van der Waals surface area (Å²) >= 11 is 5.04. The minimum absolute atomic E-state index is 0.00769. The third kappa shape index (κ3) is 4.27. The van der Waals surface area contributed by atoms with E-state index in [0.717, 1.165) is 26.2 Å². The molecule has 0 fully saturated rings. The van der Waals surface area contributed by atoms with Crippen LogP contribution in [0.25, 0.3) is 10.6 Å². The molecule has 0 unspecified atom stereocenters. The van der Waals surface area contributed by atoms with Crippen molar-refractivity contribution < 1.29 is 4.79 Å². The molecule has 0 aliphatic heterocycles. The smallest absolute Gasteiger partial charge is 0.224 e. The summed E-state index contributed by atoms with van der Waals surface area (Å²) in [6.45, 7) is 0.483. The molecule has 2 aromatic heterocycles. The molecule has 23 heavy (non-hydrogen) atoms. The largest absolute Gasteiger partial charge is 0.352 e. The van der Waals surface area contributed by atoms with Crippen LogP contribution in [0.2, 0.25) is 0 Å². The second-order valence-corrected chi connectivity index (χ2v) is 6.93. The Balaban J connectivity index is 1.64. The number of carbonyl (C=O) groups is 1. The molecule has 3 rings (SSSR count). The SMILES string of the molecule is O=C(Cc1ccc(Br)cc1)NCc1cccnc1-c1cccs1. The topological polar surface area (TPSA) is 42.0 Å². The zero-order valence-corrected chi connectivity index (χ0v) is 14.7. The minimum Gasteiger partial charge on any atom is -0.352 e. The van der Waals surface area contributed by atoms with Gasteiger partial charge in [-0.3, -0.25) is 9.78 Å². The monoisotopic (exact) mass is 386 g/mol. The van der Waals surface area contributed by atoms with Crippen molar-refractivity contribution in [2.75, 3.05) is 0 Å². The lowest BCUT2D eigenvalue weighted by Crippen LogP contribution is -2.24. The number of amides is 1. The highest BCUT2D eigenvalue weighted by Crippen LogP contribution is 2.25. The van der Waals surface area contributed by atoms with Gasteiger partial charge in [0.2, 0.25) is 5.91 Å². The summed E-state index contributed by atoms with van der Waals surface area (Å²) < 4.78 is 1.01. The fraction of sp³-hybridized carbons (Fsp3) is 0.111. The van der Waals surface area contributed by atoms with Crippen LogP contribution < -0.4 is 5.32 Å². The van der Waals surface area contributed by atoms with Gasteiger partial charge in [-0.1, -0.05) is 40.2 Å². The number of pyridine rings is 1. The number of halogens is 1. The summed E-state index contributed by atoms with van der Waals surface area (Å²) in [5, 5.41) is 5.01. The van der Waals surface area contributed by atoms with Gasteiger partial charge in [0.15, 0.2) is 0 Å². The maximum atomic E-state index is 12.1. The van der Waals surface area contributed by atoms with Gasteiger partial charge in [0.1, 0.15) is 0 Å². The Labute approximate surface area is 147 Å². The molecular formula is C18H15BrN2OS. The zero-order valence-electron chi connectivity index (χ0n) is 12.3. The highest BCUT2D eigenvalue weighted by Gasteiger charge is 2.09. The van der Waals surface area contributed by atoms with Crippen molar-refractivity contribution in [2.24, 2.45) is 0 Å². The van der Waals surface area contributed by atoms with Gasteiger partial charge in [-0.2, -0.15) is 0 Å². The van der Waals surface area contributed by atoms with E-state index in [1.54, 1.807) is 17.5 Å². The van der Waals surface area contributed by atoms with Crippen molar-refractivity contribution >= 4 is 33.2 Å². The summed E-state index contributed by atoms with van der Waals surface area (Å²) in [5.74, 6) is 0.00769. The molecule has 1 N–H and O–H groups in total. The van der Waals surface area contributed by atoms with Gasteiger partial charge in [0, 0.05) is 17.2 Å². The molecule has 0 saturated heterocycles. The van der Waals surface area contributed by atoms with Gasteiger partial charge in [0.05, 0.1) is 17.0 Å². The van der Waals surface area contributed by atoms with Crippen LogP contribution in [0.1, 0.15) is 11.1 Å². The van der Waals surface area contributed by atoms with E-state index in [9.17, 15) is 4.79 Å². The lowest BCUT2D eigenvalue weighted by Gasteiger charge is -2.09. The molecule has 3 nitrogen and oxygen atoms in total. The zero-order chi connectivity index (χ0) is 16.1. The molecule has 0 bridgehead atoms. The Bertz CT molecular complexity index is 785. The second-order valence-electron chi connectivity index (χ2n) is 5.07. The highest BCUT2D eigenvalue weighted by atomic mass is 79.9. The summed E-state index contributed by atoms with van der Waals surface area (Å²) in [6, 6.07) is 15.7. The molecule has 5 heteroatoms. The molecule has 0 aliphatic carbocycles. The molecule has 0 saturated carbocycles. The molecule has 0 radical (unpaired) electrons. The van der Waals surface area contributed by atoms with Crippen LogP contribution in [-0.4, -0.2) is 10.9 Å². The van der Waals surface area contributed by atoms with Crippen molar-refractivity contribution in [2.45, 2.75) is 13.0 Å². The quantitative estimate of drug-likeness (QED) is 0.704. The van der Waals surface area contributed by atoms with E-state index in [-0.39, 0.29) is 5.91 Å². The fourth-order valence-electron chi connectivity index (χ4n) is 2.26. The number of aromatic nitrogens is 1. The molecule has 0 atom stereocenters. The summed E-state index contributed by atoms with van der Waals surface area (Å²) in [6.07, 6.45) is 2.16. The van der Waals surface area contributed by atoms with Crippen molar-refractivity contribution in [3.05, 3.63) is 75.7 Å². The summed E-state index contributed by atoms with van der Waals surface area (Å²) in [7, 11) is 0. The average Bonchev–Trinajstić information content (AvgIpc) is 3.10. The van der Waals surface area contributed by atoms with Gasteiger partial charge in [-0.05, 0) is 40.8 Å². The summed E-state index contributed by atoms with van der Waals surface area (Å²) in [5.41, 5.74) is 2.96. The standard InChI is InChI=1S/C18H15BrN2OS/c19-15-7-5-13(6-8-15)11-17(22)21-12-14-3-1-9-20-18(14)16-4-2-10-23-16/h1-10H,11-12H2,(H,21,22). The minimum atomic E-state index is 0.00769. The third-order valence-electron chi connectivity index (χ3n) is 3.40. The number of hydrogen-bond acceptors (Lipinski definition) is 3. The van der Waals surface area contributed by atoms with Gasteiger partial charge >= 0.3 is 0 Å². The van der Waals surface area contributed by atoms with Crippen LogP contribution >= 0.6 is 27.3 Å². The van der Waals surface area contributed by atoms with Crippen molar-refractivity contribution in [1.29, 1.82) is 0 Å². The summed E-state index contributed by atoms with van der Waals surface area (Å²) in [4.78, 5) is 17.7. The predicted molar refractivity (Wildman–Crippen MR) is 97.2 cm³/mol. The first kappa shape index (κ1) is 15.9. The molecule has 1 amide bonds. The fourth-order valence-corrected chi connectivity index (χ4v) is 3.28. The van der Waals surface area contributed by atoms with Crippen LogP contribution in [-0.2, 0) is 17.8 Å². The van der Waals surface area contributed by atoms with Crippen LogP contribution in [0.3, 0.4) is 0 Å². The molecule has 0 spiro atoms. The first-order chi connectivity index (χ1) is 11.2. The van der Waals surface area contributed by atoms with Gasteiger partial charge in [-0.25, -0.2) is 0 Å². The Morgan fingerprint density at radius 1 is 1.13 bits per heavy atom. The van der Waals surface area contributed by atoms with Crippen molar-refractivity contribution in [3.63, 3.8) is 0 Å². The van der Waals surface area contributed by atoms with E-state index < -0.39 is 0 Å². The highest BCUT2D eigenvalue weighted by molar-refractivity contribution is 9.10. The number of carbonyl (C=O) groups excluding carboxylic acids is 1. The lowest BCUT2D eigenvalue weighted by atomic mass is 10.1. The molecule has 3 aromatic rings. The van der Waals surface area contributed by atoms with Crippen molar-refractivity contribution in [3.8, 4) is 10.6 Å². The Morgan fingerprint density at radius 3 is 2.70 bits per heavy atom. The normalized spacial score (nSPS) is 10.5. The molecule has 0 aliphatic rings. The molecule has 2 heterocycles. The van der Waals surface area contributed by atoms with E-state index in [0.29, 0.717) is 13.0 Å².